The van der Waals surface area contributed by atoms with Crippen molar-refractivity contribution in [3.05, 3.63) is 42.8 Å². The lowest BCUT2D eigenvalue weighted by molar-refractivity contribution is 0.0162. The van der Waals surface area contributed by atoms with Gasteiger partial charge in [-0.3, -0.25) is 4.79 Å². The minimum atomic E-state index is -0.374. The van der Waals surface area contributed by atoms with Gasteiger partial charge in [-0.15, -0.1) is 24.5 Å². The molecule has 26 heavy (non-hydrogen) atoms. The quantitative estimate of drug-likeness (QED) is 0.462. The normalized spacial score (nSPS) is 15.2. The van der Waals surface area contributed by atoms with Gasteiger partial charge in [0.05, 0.1) is 38.0 Å². The minimum absolute atomic E-state index is 0.0302. The predicted molar refractivity (Wildman–Crippen MR) is 106 cm³/mol. The van der Waals surface area contributed by atoms with Gasteiger partial charge in [0.1, 0.15) is 6.10 Å². The second-order valence-corrected chi connectivity index (χ2v) is 6.78. The number of anilines is 1. The van der Waals surface area contributed by atoms with E-state index in [0.29, 0.717) is 38.7 Å². The van der Waals surface area contributed by atoms with Gasteiger partial charge < -0.3 is 24.8 Å². The summed E-state index contributed by atoms with van der Waals surface area (Å²) in [5.74, 6) is 0.650. The van der Waals surface area contributed by atoms with Gasteiger partial charge in [0, 0.05) is 5.75 Å². The highest BCUT2D eigenvalue weighted by Gasteiger charge is 2.21. The van der Waals surface area contributed by atoms with E-state index in [2.05, 4.69) is 23.8 Å². The molecule has 0 aliphatic carbocycles. The van der Waals surface area contributed by atoms with Gasteiger partial charge in [-0.25, -0.2) is 4.79 Å². The first kappa shape index (κ1) is 22.2. The van der Waals surface area contributed by atoms with E-state index in [1.54, 1.807) is 12.2 Å². The van der Waals surface area contributed by atoms with Crippen LogP contribution in [0.2, 0.25) is 0 Å². The van der Waals surface area contributed by atoms with Crippen LogP contribution in [0.25, 0.3) is 0 Å². The molecule has 1 unspecified atom stereocenters. The van der Waals surface area contributed by atoms with Crippen LogP contribution in [-0.4, -0.2) is 56.2 Å². The van der Waals surface area contributed by atoms with Gasteiger partial charge in [-0.1, -0.05) is 23.9 Å². The van der Waals surface area contributed by atoms with E-state index in [-0.39, 0.29) is 17.4 Å². The summed E-state index contributed by atoms with van der Waals surface area (Å²) in [7, 11) is 0. The average Bonchev–Trinajstić information content (AvgIpc) is 3.28. The molecule has 1 aliphatic rings. The number of cyclic esters (lactones) is 1. The van der Waals surface area contributed by atoms with E-state index in [0.717, 1.165) is 5.00 Å². The number of carbonyl (C=O) groups excluding carboxylic acids is 2. The number of hydrogen-bond donors (Lipinski definition) is 2. The molecule has 2 amide bonds. The highest BCUT2D eigenvalue weighted by atomic mass is 32.2. The maximum absolute atomic E-state index is 11.1. The van der Waals surface area contributed by atoms with E-state index < -0.39 is 0 Å². The third-order valence-electron chi connectivity index (χ3n) is 2.74. The topological polar surface area (TPSA) is 85.9 Å². The largest absolute Gasteiger partial charge is 0.442 e. The smallest absolute Gasteiger partial charge is 0.407 e. The van der Waals surface area contributed by atoms with E-state index >= 15 is 0 Å². The molecule has 1 atom stereocenters. The maximum Gasteiger partial charge on any atom is 0.407 e. The monoisotopic (exact) mass is 400 g/mol. The van der Waals surface area contributed by atoms with Crippen LogP contribution in [0.15, 0.2) is 42.8 Å². The summed E-state index contributed by atoms with van der Waals surface area (Å²) >= 11 is 2.73. The van der Waals surface area contributed by atoms with Gasteiger partial charge >= 0.3 is 6.09 Å². The van der Waals surface area contributed by atoms with Crippen molar-refractivity contribution in [2.24, 2.45) is 0 Å². The Kier molecular flexibility index (Phi) is 12.3. The molecular weight excluding hydrogens is 376 g/mol. The average molecular weight is 401 g/mol. The fraction of sp³-hybridized carbons (Fsp3) is 0.412. The molecule has 1 aromatic rings. The second kappa shape index (κ2) is 14.4. The highest BCUT2D eigenvalue weighted by Crippen LogP contribution is 2.17. The summed E-state index contributed by atoms with van der Waals surface area (Å²) < 4.78 is 15.2. The Bertz CT molecular complexity index is 551. The molecule has 1 saturated heterocycles. The zero-order valence-electron chi connectivity index (χ0n) is 14.5. The molecule has 0 saturated carbocycles. The molecule has 144 valence electrons. The lowest BCUT2D eigenvalue weighted by atomic mass is 10.4. The molecule has 1 fully saturated rings. The molecule has 0 radical (unpaired) electrons. The fourth-order valence-electron chi connectivity index (χ4n) is 1.65. The van der Waals surface area contributed by atoms with Gasteiger partial charge in [-0.05, 0) is 17.5 Å². The molecule has 7 nitrogen and oxygen atoms in total. The Morgan fingerprint density at radius 1 is 1.42 bits per heavy atom. The van der Waals surface area contributed by atoms with E-state index in [1.807, 2.05) is 17.5 Å². The summed E-state index contributed by atoms with van der Waals surface area (Å²) in [5, 5.41) is 8.08. The standard InChI is InChI=1S/C9H15NO4.C8H9NOS2/c1-2-3-12-4-5-13-7-8-6-10-9(11)14-8;1-2-5-12-8(10)9-7-4-3-6-11-7/h2,8H,1,3-7H2,(H,10,11);2-4,6H,1,5H2,(H,9,10). The number of rotatable bonds is 10. The van der Waals surface area contributed by atoms with Gasteiger partial charge in [-0.2, -0.15) is 0 Å². The number of carbonyl (C=O) groups is 2. The van der Waals surface area contributed by atoms with Crippen LogP contribution in [0.1, 0.15) is 0 Å². The van der Waals surface area contributed by atoms with Crippen molar-refractivity contribution >= 4 is 39.4 Å². The van der Waals surface area contributed by atoms with Crippen LogP contribution in [0.4, 0.5) is 14.6 Å². The summed E-state index contributed by atoms with van der Waals surface area (Å²) in [4.78, 5) is 21.7. The SMILES string of the molecule is C=CCOCCOCC1CNC(=O)O1.C=CCSC(=O)Nc1cccs1. The zero-order chi connectivity index (χ0) is 19.0. The molecule has 1 aliphatic heterocycles. The van der Waals surface area contributed by atoms with Crippen LogP contribution < -0.4 is 10.6 Å². The maximum atomic E-state index is 11.1. The minimum Gasteiger partial charge on any atom is -0.442 e. The first-order valence-corrected chi connectivity index (χ1v) is 9.81. The Balaban J connectivity index is 0.000000263. The number of thioether (sulfide) groups is 1. The summed E-state index contributed by atoms with van der Waals surface area (Å²) in [6, 6.07) is 3.77. The highest BCUT2D eigenvalue weighted by molar-refractivity contribution is 8.14. The van der Waals surface area contributed by atoms with E-state index in [1.165, 1.54) is 23.1 Å². The number of nitrogens with one attached hydrogen (secondary N) is 2. The van der Waals surface area contributed by atoms with Crippen molar-refractivity contribution in [3.8, 4) is 0 Å². The molecule has 1 aromatic heterocycles. The molecule has 0 spiro atoms. The molecule has 0 aromatic carbocycles. The van der Waals surface area contributed by atoms with Gasteiger partial charge in [0.15, 0.2) is 0 Å². The third kappa shape index (κ3) is 10.9. The van der Waals surface area contributed by atoms with E-state index in [9.17, 15) is 9.59 Å². The summed E-state index contributed by atoms with van der Waals surface area (Å²) in [6.45, 7) is 9.54. The Morgan fingerprint density at radius 2 is 2.23 bits per heavy atom. The fourth-order valence-corrected chi connectivity index (χ4v) is 2.77. The number of alkyl carbamates (subject to hydrolysis) is 1. The van der Waals surface area contributed by atoms with Crippen LogP contribution >= 0.6 is 23.1 Å². The summed E-state index contributed by atoms with van der Waals surface area (Å²) in [5.41, 5.74) is 0. The predicted octanol–water partition coefficient (Wildman–Crippen LogP) is 3.51. The zero-order valence-corrected chi connectivity index (χ0v) is 16.1. The van der Waals surface area contributed by atoms with Crippen molar-refractivity contribution in [1.82, 2.24) is 5.32 Å². The van der Waals surface area contributed by atoms with Crippen molar-refractivity contribution in [2.75, 3.05) is 44.0 Å². The molecule has 2 N–H and O–H groups in total. The molecule has 0 bridgehead atoms. The van der Waals surface area contributed by atoms with Crippen molar-refractivity contribution in [2.45, 2.75) is 6.10 Å². The van der Waals surface area contributed by atoms with Gasteiger partial charge in [0.2, 0.25) is 0 Å². The van der Waals surface area contributed by atoms with Crippen LogP contribution in [0.5, 0.6) is 0 Å². The first-order chi connectivity index (χ1) is 12.7. The Labute approximate surface area is 161 Å². The second-order valence-electron chi connectivity index (χ2n) is 4.84. The van der Waals surface area contributed by atoms with Crippen molar-refractivity contribution < 1.29 is 23.8 Å². The number of thiophene rings is 1. The van der Waals surface area contributed by atoms with Gasteiger partial charge in [0.25, 0.3) is 5.24 Å². The molecule has 9 heteroatoms. The molecular formula is C17H24N2O5S2. The van der Waals surface area contributed by atoms with E-state index in [4.69, 9.17) is 14.2 Å². The van der Waals surface area contributed by atoms with Crippen molar-refractivity contribution in [3.63, 3.8) is 0 Å². The van der Waals surface area contributed by atoms with Crippen molar-refractivity contribution in [1.29, 1.82) is 0 Å². The number of hydrogen-bond acceptors (Lipinski definition) is 7. The van der Waals surface area contributed by atoms with Crippen LogP contribution in [0, 0.1) is 0 Å². The lowest BCUT2D eigenvalue weighted by Gasteiger charge is -2.08. The first-order valence-electron chi connectivity index (χ1n) is 7.94. The molecule has 2 heterocycles. The lowest BCUT2D eigenvalue weighted by Crippen LogP contribution is -2.21. The van der Waals surface area contributed by atoms with Crippen LogP contribution in [0.3, 0.4) is 0 Å². The third-order valence-corrected chi connectivity index (χ3v) is 4.29. The molecule has 2 rings (SSSR count). The number of ether oxygens (including phenoxy) is 3. The number of amides is 2. The summed E-state index contributed by atoms with van der Waals surface area (Å²) in [6.07, 6.45) is 2.85. The Morgan fingerprint density at radius 3 is 2.85 bits per heavy atom. The van der Waals surface area contributed by atoms with Crippen LogP contribution in [-0.2, 0) is 14.2 Å². The Hall–Kier alpha value is -1.81.